The van der Waals surface area contributed by atoms with Crippen molar-refractivity contribution in [2.75, 3.05) is 23.8 Å². The van der Waals surface area contributed by atoms with Gasteiger partial charge in [0.1, 0.15) is 11.5 Å². The van der Waals surface area contributed by atoms with E-state index in [1.807, 2.05) is 62.4 Å². The van der Waals surface area contributed by atoms with Gasteiger partial charge < -0.3 is 20.1 Å². The molecule has 4 aromatic carbocycles. The minimum Gasteiger partial charge on any atom is -0.494 e. The van der Waals surface area contributed by atoms with Gasteiger partial charge in [0, 0.05) is 11.4 Å². The van der Waals surface area contributed by atoms with Crippen LogP contribution >= 0.6 is 12.2 Å². The van der Waals surface area contributed by atoms with Crippen LogP contribution in [0.4, 0.5) is 11.4 Å². The lowest BCUT2D eigenvalue weighted by atomic mass is 10.2. The average molecular weight is 557 g/mol. The van der Waals surface area contributed by atoms with E-state index in [1.165, 1.54) is 52.6 Å². The molecule has 0 spiro atoms. The van der Waals surface area contributed by atoms with E-state index in [1.54, 1.807) is 0 Å². The van der Waals surface area contributed by atoms with Crippen molar-refractivity contribution in [3.8, 4) is 11.5 Å². The summed E-state index contributed by atoms with van der Waals surface area (Å²) in [4.78, 5) is 0. The summed E-state index contributed by atoms with van der Waals surface area (Å²) in [5.41, 5.74) is 4.52. The number of ether oxygens (including phenoxy) is 2. The van der Waals surface area contributed by atoms with Gasteiger partial charge in [-0.2, -0.15) is 0 Å². The van der Waals surface area contributed by atoms with E-state index in [9.17, 15) is 0 Å². The van der Waals surface area contributed by atoms with Crippen molar-refractivity contribution in [2.24, 2.45) is 0 Å². The summed E-state index contributed by atoms with van der Waals surface area (Å²) in [6.07, 6.45) is 0. The molecule has 196 valence electrons. The van der Waals surface area contributed by atoms with Gasteiger partial charge in [-0.3, -0.25) is 0 Å². The Hall–Kier alpha value is -2.77. The SMILES string of the molecule is CCOc1ccc(NC(=S)Nc2ccc(OCC)cc2)cc1.Cc1cc[c]([AlH2])cc1.Cc1cc[c]([AlH2])cc1. The zero-order valence-corrected chi connectivity index (χ0v) is 28.2. The van der Waals surface area contributed by atoms with Gasteiger partial charge in [-0.1, -0.05) is 59.7 Å². The molecule has 0 aliphatic heterocycles. The van der Waals surface area contributed by atoms with E-state index < -0.39 is 0 Å². The van der Waals surface area contributed by atoms with Crippen molar-refractivity contribution in [1.82, 2.24) is 0 Å². The first kappa shape index (κ1) is 31.5. The zero-order chi connectivity index (χ0) is 27.8. The van der Waals surface area contributed by atoms with Crippen molar-refractivity contribution < 1.29 is 9.47 Å². The van der Waals surface area contributed by atoms with Gasteiger partial charge in [0.2, 0.25) is 0 Å². The highest BCUT2D eigenvalue weighted by atomic mass is 32.1. The third-order valence-electron chi connectivity index (χ3n) is 5.28. The summed E-state index contributed by atoms with van der Waals surface area (Å²) in [5, 5.41) is 6.80. The first-order valence-corrected chi connectivity index (χ1v) is 15.3. The Labute approximate surface area is 249 Å². The van der Waals surface area contributed by atoms with Crippen LogP contribution in [-0.2, 0) is 0 Å². The summed E-state index contributed by atoms with van der Waals surface area (Å²) in [5.74, 6) is 1.69. The minimum absolute atomic E-state index is 0.535. The van der Waals surface area contributed by atoms with E-state index in [4.69, 9.17) is 21.7 Å². The third-order valence-corrected chi connectivity index (χ3v) is 6.82. The molecule has 2 N–H and O–H groups in total. The molecule has 0 atom stereocenters. The minimum atomic E-state index is 0.535. The van der Waals surface area contributed by atoms with E-state index in [0.29, 0.717) is 18.3 Å². The van der Waals surface area contributed by atoms with E-state index in [-0.39, 0.29) is 0 Å². The Balaban J connectivity index is 0.000000256. The molecular weight excluding hydrogens is 518 g/mol. The van der Waals surface area contributed by atoms with Crippen molar-refractivity contribution in [2.45, 2.75) is 27.7 Å². The van der Waals surface area contributed by atoms with Gasteiger partial charge in [-0.15, -0.1) is 8.85 Å². The van der Waals surface area contributed by atoms with Crippen LogP contribution in [0, 0.1) is 13.8 Å². The predicted molar refractivity (Wildman–Crippen MR) is 174 cm³/mol. The number of hydrogen-bond donors (Lipinski definition) is 2. The van der Waals surface area contributed by atoms with Crippen LogP contribution in [0.5, 0.6) is 11.5 Å². The molecule has 0 aliphatic carbocycles. The van der Waals surface area contributed by atoms with Gasteiger partial charge in [-0.25, -0.2) is 0 Å². The molecular formula is C31H38Al2N2O2S. The molecule has 0 unspecified atom stereocenters. The van der Waals surface area contributed by atoms with Crippen LogP contribution < -0.4 is 29.0 Å². The Kier molecular flexibility index (Phi) is 14.6. The Morgan fingerprint density at radius 3 is 1.16 bits per heavy atom. The number of hydrogen-bond acceptors (Lipinski definition) is 3. The highest BCUT2D eigenvalue weighted by molar-refractivity contribution is 7.80. The quantitative estimate of drug-likeness (QED) is 0.264. The van der Waals surface area contributed by atoms with Gasteiger partial charge in [0.15, 0.2) is 5.11 Å². The number of anilines is 2. The normalized spacial score (nSPS) is 9.58. The van der Waals surface area contributed by atoms with Crippen LogP contribution in [0.15, 0.2) is 97.1 Å². The third kappa shape index (κ3) is 13.2. The largest absolute Gasteiger partial charge is 0.494 e. The van der Waals surface area contributed by atoms with Crippen LogP contribution in [-0.4, -0.2) is 50.9 Å². The number of thiocarbonyl (C=S) groups is 1. The lowest BCUT2D eigenvalue weighted by Gasteiger charge is -2.12. The van der Waals surface area contributed by atoms with Crippen LogP contribution in [0.25, 0.3) is 0 Å². The second-order valence-electron chi connectivity index (χ2n) is 8.80. The first-order valence-electron chi connectivity index (χ1n) is 12.9. The number of nitrogens with one attached hydrogen (secondary N) is 2. The van der Waals surface area contributed by atoms with E-state index in [2.05, 4.69) is 73.0 Å². The van der Waals surface area contributed by atoms with Gasteiger partial charge in [0.05, 0.1) is 13.2 Å². The molecule has 0 saturated heterocycles. The Morgan fingerprint density at radius 2 is 0.895 bits per heavy atom. The molecule has 7 heteroatoms. The van der Waals surface area contributed by atoms with E-state index >= 15 is 0 Å². The number of rotatable bonds is 6. The predicted octanol–water partition coefficient (Wildman–Crippen LogP) is 4.80. The lowest BCUT2D eigenvalue weighted by Crippen LogP contribution is -2.18. The Morgan fingerprint density at radius 1 is 0.579 bits per heavy atom. The number of benzene rings is 4. The number of aryl methyl sites for hydroxylation is 2. The van der Waals surface area contributed by atoms with Gasteiger partial charge in [0.25, 0.3) is 32.6 Å². The van der Waals surface area contributed by atoms with Crippen LogP contribution in [0.3, 0.4) is 0 Å². The average Bonchev–Trinajstić information content (AvgIpc) is 2.91. The summed E-state index contributed by atoms with van der Waals surface area (Å²) in [7, 11) is 0. The smallest absolute Gasteiger partial charge is 0.258 e. The molecule has 0 aliphatic rings. The maximum absolute atomic E-state index is 5.40. The molecule has 4 rings (SSSR count). The van der Waals surface area contributed by atoms with Gasteiger partial charge in [-0.05, 0) is 88.4 Å². The fourth-order valence-electron chi connectivity index (χ4n) is 3.17. The molecule has 0 bridgehead atoms. The van der Waals surface area contributed by atoms with Crippen molar-refractivity contribution in [3.05, 3.63) is 108 Å². The fourth-order valence-corrected chi connectivity index (χ4v) is 4.07. The molecule has 4 nitrogen and oxygen atoms in total. The molecule has 0 aromatic heterocycles. The summed E-state index contributed by atoms with van der Waals surface area (Å²) >= 11 is 7.64. The molecule has 0 fully saturated rings. The maximum Gasteiger partial charge on any atom is 0.258 e. The second kappa shape index (κ2) is 17.7. The summed E-state index contributed by atoms with van der Waals surface area (Å²) in [6, 6.07) is 32.7. The molecule has 0 amide bonds. The second-order valence-corrected chi connectivity index (χ2v) is 11.5. The van der Waals surface area contributed by atoms with Gasteiger partial charge >= 0.3 is 0 Å². The summed E-state index contributed by atoms with van der Waals surface area (Å²) < 4.78 is 13.7. The van der Waals surface area contributed by atoms with E-state index in [0.717, 1.165) is 22.9 Å². The highest BCUT2D eigenvalue weighted by Crippen LogP contribution is 2.18. The topological polar surface area (TPSA) is 42.5 Å². The summed E-state index contributed by atoms with van der Waals surface area (Å²) in [6.45, 7) is 9.46. The van der Waals surface area contributed by atoms with Crippen LogP contribution in [0.2, 0.25) is 0 Å². The van der Waals surface area contributed by atoms with Crippen molar-refractivity contribution in [3.63, 3.8) is 0 Å². The first-order chi connectivity index (χ1) is 18.3. The molecule has 0 radical (unpaired) electrons. The lowest BCUT2D eigenvalue weighted by molar-refractivity contribution is 0.340. The monoisotopic (exact) mass is 556 g/mol. The van der Waals surface area contributed by atoms with Crippen molar-refractivity contribution >= 4 is 70.1 Å². The molecule has 0 heterocycles. The zero-order valence-electron chi connectivity index (χ0n) is 23.4. The maximum atomic E-state index is 5.40. The highest BCUT2D eigenvalue weighted by Gasteiger charge is 2.00. The fraction of sp³-hybridized carbons (Fsp3) is 0.194. The van der Waals surface area contributed by atoms with Crippen LogP contribution in [0.1, 0.15) is 25.0 Å². The molecule has 0 saturated carbocycles. The molecule has 4 aromatic rings. The Bertz CT molecular complexity index is 1080. The standard InChI is InChI=1S/C17H20N2O2S.2C7H7.2Al.4H/c1-3-20-15-9-5-13(6-10-15)18-17(22)19-14-7-11-16(12-8-14)21-4-2;2*1-7-5-3-2-4-6-7;;;;;;/h5-12H,3-4H2,1-2H3,(H2,18,19,22);2*3-6H,1H3;;;;;;. The van der Waals surface area contributed by atoms with Crippen molar-refractivity contribution in [1.29, 1.82) is 0 Å². The molecule has 38 heavy (non-hydrogen) atoms.